The van der Waals surface area contributed by atoms with E-state index in [0.29, 0.717) is 10.8 Å². The summed E-state index contributed by atoms with van der Waals surface area (Å²) in [6.45, 7) is 2.10. The van der Waals surface area contributed by atoms with Crippen LogP contribution in [0.3, 0.4) is 0 Å². The maximum absolute atomic E-state index is 12.4. The summed E-state index contributed by atoms with van der Waals surface area (Å²) >= 11 is 6.06. The Kier molecular flexibility index (Phi) is 5.17. The second-order valence-corrected chi connectivity index (χ2v) is 5.05. The smallest absolute Gasteiger partial charge is 0.275 e. The predicted molar refractivity (Wildman–Crippen MR) is 87.2 cm³/mol. The summed E-state index contributed by atoms with van der Waals surface area (Å²) in [5.74, 6) is 0.298. The van der Waals surface area contributed by atoms with Crippen molar-refractivity contribution in [2.24, 2.45) is 0 Å². The molecule has 0 unspecified atom stereocenters. The molecule has 0 atom stereocenters. The molecule has 0 aliphatic carbocycles. The van der Waals surface area contributed by atoms with Gasteiger partial charge in [0.2, 0.25) is 0 Å². The molecule has 2 rings (SSSR count). The number of carbonyl (C=O) groups excluding carboxylic acids is 1. The van der Waals surface area contributed by atoms with Crippen LogP contribution in [0.15, 0.2) is 36.4 Å². The third kappa shape index (κ3) is 3.73. The van der Waals surface area contributed by atoms with Crippen LogP contribution in [0.5, 0.6) is 0 Å². The third-order valence-electron chi connectivity index (χ3n) is 3.10. The molecule has 1 aromatic carbocycles. The molecular formula is C16H18ClN3O. The van der Waals surface area contributed by atoms with Crippen LogP contribution in [0.2, 0.25) is 5.02 Å². The molecule has 0 radical (unpaired) electrons. The van der Waals surface area contributed by atoms with Gasteiger partial charge in [0, 0.05) is 12.7 Å². The van der Waals surface area contributed by atoms with Gasteiger partial charge in [0.05, 0.1) is 5.02 Å². The van der Waals surface area contributed by atoms with E-state index in [2.05, 4.69) is 22.5 Å². The van der Waals surface area contributed by atoms with Crippen molar-refractivity contribution in [2.75, 3.05) is 17.7 Å². The lowest BCUT2D eigenvalue weighted by Crippen LogP contribution is -2.16. The van der Waals surface area contributed by atoms with E-state index in [0.717, 1.165) is 24.1 Å². The van der Waals surface area contributed by atoms with E-state index in [4.69, 9.17) is 11.6 Å². The van der Waals surface area contributed by atoms with Gasteiger partial charge in [0.25, 0.3) is 5.91 Å². The van der Waals surface area contributed by atoms with Crippen LogP contribution in [0.25, 0.3) is 0 Å². The van der Waals surface area contributed by atoms with Crippen molar-refractivity contribution in [1.29, 1.82) is 0 Å². The van der Waals surface area contributed by atoms with Crippen LogP contribution in [0.1, 0.15) is 29.4 Å². The van der Waals surface area contributed by atoms with Crippen LogP contribution in [-0.4, -0.2) is 17.9 Å². The second kappa shape index (κ2) is 7.09. The number of para-hydroxylation sites is 1. The average Bonchev–Trinajstić information content (AvgIpc) is 2.50. The molecule has 0 aliphatic heterocycles. The number of aromatic nitrogens is 1. The number of hydrogen-bond acceptors (Lipinski definition) is 3. The number of amides is 1. The van der Waals surface area contributed by atoms with E-state index >= 15 is 0 Å². The van der Waals surface area contributed by atoms with Crippen LogP contribution in [-0.2, 0) is 6.42 Å². The Morgan fingerprint density at radius 2 is 2.00 bits per heavy atom. The largest absolute Gasteiger partial charge is 0.373 e. The second-order valence-electron chi connectivity index (χ2n) is 4.64. The molecule has 2 aromatic rings. The number of anilines is 2. The summed E-state index contributed by atoms with van der Waals surface area (Å²) in [7, 11) is 1.74. The maximum Gasteiger partial charge on any atom is 0.275 e. The Morgan fingerprint density at radius 1 is 1.24 bits per heavy atom. The molecule has 21 heavy (non-hydrogen) atoms. The molecule has 0 aliphatic rings. The van der Waals surface area contributed by atoms with E-state index < -0.39 is 0 Å². The SMILES string of the molecule is CCCc1ccccc1NC(=O)c1nc(NC)ccc1Cl. The molecule has 0 fully saturated rings. The zero-order chi connectivity index (χ0) is 15.2. The van der Waals surface area contributed by atoms with Gasteiger partial charge in [-0.15, -0.1) is 0 Å². The standard InChI is InChI=1S/C16H18ClN3O/c1-3-6-11-7-4-5-8-13(11)19-16(21)15-12(17)9-10-14(18-2)20-15/h4-5,7-10H,3,6H2,1-2H3,(H,18,20)(H,19,21). The van der Waals surface area contributed by atoms with Gasteiger partial charge in [-0.25, -0.2) is 4.98 Å². The predicted octanol–water partition coefficient (Wildman–Crippen LogP) is 3.98. The van der Waals surface area contributed by atoms with Crippen LogP contribution in [0.4, 0.5) is 11.5 Å². The van der Waals surface area contributed by atoms with E-state index in [-0.39, 0.29) is 11.6 Å². The van der Waals surface area contributed by atoms with E-state index in [9.17, 15) is 4.79 Å². The minimum Gasteiger partial charge on any atom is -0.373 e. The zero-order valence-electron chi connectivity index (χ0n) is 12.1. The maximum atomic E-state index is 12.4. The van der Waals surface area contributed by atoms with Gasteiger partial charge in [0.1, 0.15) is 11.5 Å². The van der Waals surface area contributed by atoms with Crippen molar-refractivity contribution >= 4 is 29.0 Å². The number of hydrogen-bond donors (Lipinski definition) is 2. The van der Waals surface area contributed by atoms with Crippen molar-refractivity contribution in [3.63, 3.8) is 0 Å². The molecule has 0 spiro atoms. The van der Waals surface area contributed by atoms with Gasteiger partial charge in [-0.3, -0.25) is 4.79 Å². The van der Waals surface area contributed by atoms with E-state index in [1.807, 2.05) is 24.3 Å². The summed E-state index contributed by atoms with van der Waals surface area (Å²) in [6.07, 6.45) is 1.93. The molecule has 0 bridgehead atoms. The van der Waals surface area contributed by atoms with Gasteiger partial charge in [-0.1, -0.05) is 43.1 Å². The number of carbonyl (C=O) groups is 1. The van der Waals surface area contributed by atoms with Crippen molar-refractivity contribution in [3.05, 3.63) is 52.7 Å². The fourth-order valence-electron chi connectivity index (χ4n) is 2.05. The summed E-state index contributed by atoms with van der Waals surface area (Å²) in [5, 5.41) is 6.12. The number of nitrogens with zero attached hydrogens (tertiary/aromatic N) is 1. The highest BCUT2D eigenvalue weighted by Gasteiger charge is 2.14. The fourth-order valence-corrected chi connectivity index (χ4v) is 2.24. The van der Waals surface area contributed by atoms with Crippen molar-refractivity contribution < 1.29 is 4.79 Å². The van der Waals surface area contributed by atoms with Crippen molar-refractivity contribution in [1.82, 2.24) is 4.98 Å². The van der Waals surface area contributed by atoms with Gasteiger partial charge in [0.15, 0.2) is 0 Å². The first kappa shape index (κ1) is 15.3. The average molecular weight is 304 g/mol. The van der Waals surface area contributed by atoms with Crippen LogP contribution < -0.4 is 10.6 Å². The Morgan fingerprint density at radius 3 is 2.71 bits per heavy atom. The van der Waals surface area contributed by atoms with Crippen LogP contribution in [0, 0.1) is 0 Å². The lowest BCUT2D eigenvalue weighted by Gasteiger charge is -2.11. The summed E-state index contributed by atoms with van der Waals surface area (Å²) < 4.78 is 0. The Balaban J connectivity index is 2.26. The van der Waals surface area contributed by atoms with Crippen molar-refractivity contribution in [2.45, 2.75) is 19.8 Å². The molecule has 4 nitrogen and oxygen atoms in total. The molecule has 5 heteroatoms. The Hall–Kier alpha value is -2.07. The van der Waals surface area contributed by atoms with Crippen LogP contribution >= 0.6 is 11.6 Å². The van der Waals surface area contributed by atoms with E-state index in [1.165, 1.54) is 0 Å². The number of halogens is 1. The first-order valence-electron chi connectivity index (χ1n) is 6.89. The fraction of sp³-hybridized carbons (Fsp3) is 0.250. The monoisotopic (exact) mass is 303 g/mol. The Labute approximate surface area is 129 Å². The lowest BCUT2D eigenvalue weighted by atomic mass is 10.1. The highest BCUT2D eigenvalue weighted by Crippen LogP contribution is 2.21. The first-order valence-corrected chi connectivity index (χ1v) is 7.27. The normalized spacial score (nSPS) is 10.2. The first-order chi connectivity index (χ1) is 10.2. The number of rotatable bonds is 5. The number of aryl methyl sites for hydroxylation is 1. The van der Waals surface area contributed by atoms with E-state index in [1.54, 1.807) is 19.2 Å². The van der Waals surface area contributed by atoms with Gasteiger partial charge >= 0.3 is 0 Å². The number of pyridine rings is 1. The van der Waals surface area contributed by atoms with Crippen molar-refractivity contribution in [3.8, 4) is 0 Å². The summed E-state index contributed by atoms with van der Waals surface area (Å²) in [4.78, 5) is 16.6. The van der Waals surface area contributed by atoms with Gasteiger partial charge in [-0.2, -0.15) is 0 Å². The molecule has 0 saturated heterocycles. The van der Waals surface area contributed by atoms with Gasteiger partial charge in [-0.05, 0) is 30.2 Å². The lowest BCUT2D eigenvalue weighted by molar-refractivity contribution is 0.102. The third-order valence-corrected chi connectivity index (χ3v) is 3.41. The molecule has 1 heterocycles. The highest BCUT2D eigenvalue weighted by molar-refractivity contribution is 6.34. The topological polar surface area (TPSA) is 54.0 Å². The molecule has 0 saturated carbocycles. The Bertz CT molecular complexity index is 643. The molecule has 110 valence electrons. The molecule has 2 N–H and O–H groups in total. The molecule has 1 aromatic heterocycles. The molecular weight excluding hydrogens is 286 g/mol. The quantitative estimate of drug-likeness (QED) is 0.878. The summed E-state index contributed by atoms with van der Waals surface area (Å²) in [5.41, 5.74) is 2.13. The minimum absolute atomic E-state index is 0.217. The molecule has 1 amide bonds. The number of benzene rings is 1. The minimum atomic E-state index is -0.305. The highest BCUT2D eigenvalue weighted by atomic mass is 35.5. The van der Waals surface area contributed by atoms with Gasteiger partial charge < -0.3 is 10.6 Å². The zero-order valence-corrected chi connectivity index (χ0v) is 12.9. The number of nitrogens with one attached hydrogen (secondary N) is 2. The summed E-state index contributed by atoms with van der Waals surface area (Å²) in [6, 6.07) is 11.1.